The fraction of sp³-hybridized carbons (Fsp3) is 0.190. The number of amides is 1. The van der Waals surface area contributed by atoms with Crippen LogP contribution < -0.4 is 5.32 Å². The average molecular weight is 413 g/mol. The maximum Gasteiger partial charge on any atom is 0.416 e. The molecule has 0 saturated carbocycles. The monoisotopic (exact) mass is 413 g/mol. The zero-order valence-corrected chi connectivity index (χ0v) is 16.2. The molecule has 0 aliphatic carbocycles. The summed E-state index contributed by atoms with van der Waals surface area (Å²) in [5.41, 5.74) is 1.64. The van der Waals surface area contributed by atoms with E-state index in [-0.39, 0.29) is 5.56 Å². The molecule has 3 aromatic heterocycles. The second-order valence-corrected chi connectivity index (χ2v) is 6.97. The van der Waals surface area contributed by atoms with Gasteiger partial charge < -0.3 is 9.88 Å². The molecule has 0 radical (unpaired) electrons. The van der Waals surface area contributed by atoms with Crippen LogP contribution in [0.2, 0.25) is 0 Å². The Bertz CT molecular complexity index is 1210. The number of aromatic nitrogens is 4. The van der Waals surface area contributed by atoms with E-state index in [2.05, 4.69) is 20.5 Å². The number of hydrogen-bond donors (Lipinski definition) is 2. The minimum Gasteiger partial charge on any atom is -0.344 e. The fourth-order valence-electron chi connectivity index (χ4n) is 3.45. The highest BCUT2D eigenvalue weighted by molar-refractivity contribution is 5.98. The van der Waals surface area contributed by atoms with E-state index in [4.69, 9.17) is 0 Å². The molecule has 1 amide bonds. The van der Waals surface area contributed by atoms with Crippen LogP contribution in [-0.2, 0) is 13.2 Å². The number of carbonyl (C=O) groups excluding carboxylic acids is 1. The van der Waals surface area contributed by atoms with Gasteiger partial charge in [0.1, 0.15) is 11.3 Å². The van der Waals surface area contributed by atoms with E-state index in [1.807, 2.05) is 12.1 Å². The zero-order valence-electron chi connectivity index (χ0n) is 16.2. The molecule has 0 saturated heterocycles. The van der Waals surface area contributed by atoms with Crippen LogP contribution in [0.15, 0.2) is 54.9 Å². The van der Waals surface area contributed by atoms with Crippen LogP contribution >= 0.6 is 0 Å². The molecule has 0 fully saturated rings. The molecular formula is C21H18F3N5O. The first kappa shape index (κ1) is 19.7. The number of aryl methyl sites for hydroxylation is 1. The lowest BCUT2D eigenvalue weighted by Gasteiger charge is -2.19. The SMILES string of the molecule is CC(NC(=O)c1cc2ccc(-c3cn[nH]c3)nc2n1C)c1ccccc1C(F)(F)F. The predicted octanol–water partition coefficient (Wildman–Crippen LogP) is 4.47. The Morgan fingerprint density at radius 1 is 1.20 bits per heavy atom. The van der Waals surface area contributed by atoms with Gasteiger partial charge in [0.25, 0.3) is 5.91 Å². The van der Waals surface area contributed by atoms with Gasteiger partial charge in [0.2, 0.25) is 0 Å². The van der Waals surface area contributed by atoms with Gasteiger partial charge >= 0.3 is 6.18 Å². The highest BCUT2D eigenvalue weighted by Gasteiger charge is 2.34. The lowest BCUT2D eigenvalue weighted by Crippen LogP contribution is -2.29. The van der Waals surface area contributed by atoms with Crippen LogP contribution in [0.25, 0.3) is 22.3 Å². The normalized spacial score (nSPS) is 12.8. The van der Waals surface area contributed by atoms with Crippen molar-refractivity contribution in [3.05, 3.63) is 71.7 Å². The predicted molar refractivity (Wildman–Crippen MR) is 106 cm³/mol. The summed E-state index contributed by atoms with van der Waals surface area (Å²) >= 11 is 0. The van der Waals surface area contributed by atoms with Crippen molar-refractivity contribution in [2.24, 2.45) is 7.05 Å². The van der Waals surface area contributed by atoms with Gasteiger partial charge in [-0.3, -0.25) is 9.89 Å². The van der Waals surface area contributed by atoms with Crippen LogP contribution in [0.5, 0.6) is 0 Å². The van der Waals surface area contributed by atoms with Crippen LogP contribution in [0.4, 0.5) is 13.2 Å². The summed E-state index contributed by atoms with van der Waals surface area (Å²) < 4.78 is 41.5. The topological polar surface area (TPSA) is 75.6 Å². The third kappa shape index (κ3) is 3.54. The molecule has 4 aromatic rings. The molecule has 4 rings (SSSR count). The standard InChI is InChI=1S/C21H18F3N5O/c1-12(15-5-3-4-6-16(15)21(22,23)24)27-20(30)18-9-13-7-8-17(14-10-25-26-11-14)28-19(13)29(18)2/h3-12H,1-2H3,(H,25,26)(H,27,30). The number of H-pyrrole nitrogens is 1. The van der Waals surface area contributed by atoms with Gasteiger partial charge in [0.15, 0.2) is 0 Å². The molecule has 30 heavy (non-hydrogen) atoms. The van der Waals surface area contributed by atoms with E-state index in [1.165, 1.54) is 25.1 Å². The number of hydrogen-bond acceptors (Lipinski definition) is 3. The summed E-state index contributed by atoms with van der Waals surface area (Å²) in [5.74, 6) is -0.482. The minimum atomic E-state index is -4.50. The number of halogens is 3. The lowest BCUT2D eigenvalue weighted by molar-refractivity contribution is -0.138. The molecule has 1 aromatic carbocycles. The Labute approximate surface area is 169 Å². The summed E-state index contributed by atoms with van der Waals surface area (Å²) in [6, 6.07) is 9.71. The van der Waals surface area contributed by atoms with E-state index < -0.39 is 23.7 Å². The van der Waals surface area contributed by atoms with E-state index in [9.17, 15) is 18.0 Å². The van der Waals surface area contributed by atoms with Crippen LogP contribution in [0.3, 0.4) is 0 Å². The van der Waals surface area contributed by atoms with Crippen LogP contribution in [-0.4, -0.2) is 25.7 Å². The summed E-state index contributed by atoms with van der Waals surface area (Å²) in [6.07, 6.45) is -1.14. The quantitative estimate of drug-likeness (QED) is 0.518. The van der Waals surface area contributed by atoms with E-state index in [1.54, 1.807) is 30.1 Å². The Kier molecular flexibility index (Phi) is 4.81. The van der Waals surface area contributed by atoms with Crippen LogP contribution in [0.1, 0.15) is 34.6 Å². The molecule has 9 heteroatoms. The largest absolute Gasteiger partial charge is 0.416 e. The fourth-order valence-corrected chi connectivity index (χ4v) is 3.45. The molecule has 0 bridgehead atoms. The van der Waals surface area contributed by atoms with Crippen molar-refractivity contribution < 1.29 is 18.0 Å². The van der Waals surface area contributed by atoms with Crippen molar-refractivity contribution in [3.8, 4) is 11.3 Å². The van der Waals surface area contributed by atoms with Gasteiger partial charge in [-0.15, -0.1) is 0 Å². The maximum absolute atomic E-state index is 13.3. The average Bonchev–Trinajstić information content (AvgIpc) is 3.35. The van der Waals surface area contributed by atoms with Crippen molar-refractivity contribution in [2.45, 2.75) is 19.1 Å². The molecule has 1 atom stereocenters. The molecule has 0 spiro atoms. The van der Waals surface area contributed by atoms with E-state index in [0.29, 0.717) is 17.0 Å². The number of fused-ring (bicyclic) bond motifs is 1. The Hall–Kier alpha value is -3.62. The highest BCUT2D eigenvalue weighted by Crippen LogP contribution is 2.34. The van der Waals surface area contributed by atoms with Gasteiger partial charge in [-0.05, 0) is 36.8 Å². The van der Waals surface area contributed by atoms with Crippen molar-refractivity contribution in [1.82, 2.24) is 25.1 Å². The molecule has 1 unspecified atom stereocenters. The zero-order chi connectivity index (χ0) is 21.5. The van der Waals surface area contributed by atoms with Crippen molar-refractivity contribution in [3.63, 3.8) is 0 Å². The van der Waals surface area contributed by atoms with Gasteiger partial charge in [0, 0.05) is 24.2 Å². The van der Waals surface area contributed by atoms with Gasteiger partial charge in [-0.1, -0.05) is 18.2 Å². The highest BCUT2D eigenvalue weighted by atomic mass is 19.4. The molecule has 0 aliphatic rings. The first-order valence-electron chi connectivity index (χ1n) is 9.18. The molecule has 0 aliphatic heterocycles. The summed E-state index contributed by atoms with van der Waals surface area (Å²) in [5, 5.41) is 10.0. The first-order chi connectivity index (χ1) is 14.3. The smallest absolute Gasteiger partial charge is 0.344 e. The molecule has 6 nitrogen and oxygen atoms in total. The first-order valence-corrected chi connectivity index (χ1v) is 9.18. The Morgan fingerprint density at radius 3 is 2.67 bits per heavy atom. The number of nitrogens with one attached hydrogen (secondary N) is 2. The van der Waals surface area contributed by atoms with Crippen LogP contribution in [0, 0.1) is 0 Å². The molecule has 154 valence electrons. The Morgan fingerprint density at radius 2 is 1.97 bits per heavy atom. The molecular weight excluding hydrogens is 395 g/mol. The van der Waals surface area contributed by atoms with E-state index in [0.717, 1.165) is 17.0 Å². The van der Waals surface area contributed by atoms with Gasteiger partial charge in [-0.2, -0.15) is 18.3 Å². The molecule has 2 N–H and O–H groups in total. The van der Waals surface area contributed by atoms with Gasteiger partial charge in [0.05, 0.1) is 23.5 Å². The third-order valence-corrected chi connectivity index (χ3v) is 4.98. The van der Waals surface area contributed by atoms with E-state index >= 15 is 0 Å². The van der Waals surface area contributed by atoms with Crippen molar-refractivity contribution in [1.29, 1.82) is 0 Å². The third-order valence-electron chi connectivity index (χ3n) is 4.98. The number of carbonyl (C=O) groups is 1. The number of pyridine rings is 1. The summed E-state index contributed by atoms with van der Waals surface area (Å²) in [7, 11) is 1.69. The van der Waals surface area contributed by atoms with Crippen molar-refractivity contribution in [2.75, 3.05) is 0 Å². The van der Waals surface area contributed by atoms with Gasteiger partial charge in [-0.25, -0.2) is 4.98 Å². The second kappa shape index (κ2) is 7.33. The number of aromatic amines is 1. The molecule has 3 heterocycles. The maximum atomic E-state index is 13.3. The summed E-state index contributed by atoms with van der Waals surface area (Å²) in [6.45, 7) is 1.53. The number of alkyl halides is 3. The minimum absolute atomic E-state index is 0.0116. The number of benzene rings is 1. The number of rotatable bonds is 4. The number of nitrogens with zero attached hydrogens (tertiary/aromatic N) is 3. The summed E-state index contributed by atoms with van der Waals surface area (Å²) in [4.78, 5) is 17.4. The second-order valence-electron chi connectivity index (χ2n) is 6.97. The Balaban J connectivity index is 1.63. The lowest BCUT2D eigenvalue weighted by atomic mass is 10.0. The van der Waals surface area contributed by atoms with Crippen molar-refractivity contribution >= 4 is 16.9 Å².